The minimum Gasteiger partial charge on any atom is -0.307 e. The summed E-state index contributed by atoms with van der Waals surface area (Å²) in [5, 5.41) is 3.16. The van der Waals surface area contributed by atoms with Gasteiger partial charge in [0.15, 0.2) is 0 Å². The van der Waals surface area contributed by atoms with E-state index in [1.807, 2.05) is 0 Å². The molecule has 0 atom stereocenters. The molecule has 1 aliphatic rings. The van der Waals surface area contributed by atoms with Crippen LogP contribution >= 0.6 is 0 Å². The first-order chi connectivity index (χ1) is 4.43. The second-order valence-corrected chi connectivity index (χ2v) is 2.38. The van der Waals surface area contributed by atoms with Gasteiger partial charge in [-0.2, -0.15) is 0 Å². The first kappa shape index (κ1) is 6.64. The van der Waals surface area contributed by atoms with Crippen molar-refractivity contribution >= 4 is 0 Å². The van der Waals surface area contributed by atoms with Crippen molar-refractivity contribution in [1.82, 2.24) is 5.32 Å². The third kappa shape index (κ3) is 3.16. The van der Waals surface area contributed by atoms with E-state index < -0.39 is 0 Å². The Bertz CT molecular complexity index is 125. The summed E-state index contributed by atoms with van der Waals surface area (Å²) < 4.78 is 0. The summed E-state index contributed by atoms with van der Waals surface area (Å²) in [5.74, 6) is 7.02. The molecule has 1 nitrogen and oxygen atoms in total. The van der Waals surface area contributed by atoms with Crippen LogP contribution in [-0.2, 0) is 0 Å². The van der Waals surface area contributed by atoms with Gasteiger partial charge < -0.3 is 5.32 Å². The molecule has 1 heteroatoms. The molecule has 50 valence electrons. The molecule has 0 aromatic heterocycles. The lowest BCUT2D eigenvalue weighted by Crippen LogP contribution is -2.11. The van der Waals surface area contributed by atoms with Crippen LogP contribution < -0.4 is 5.32 Å². The lowest BCUT2D eigenvalue weighted by Gasteiger charge is -1.87. The highest BCUT2D eigenvalue weighted by molar-refractivity contribution is 5.09. The van der Waals surface area contributed by atoms with Gasteiger partial charge in [-0.3, -0.25) is 0 Å². The van der Waals surface area contributed by atoms with Crippen LogP contribution in [0.15, 0.2) is 0 Å². The van der Waals surface area contributed by atoms with E-state index in [0.29, 0.717) is 0 Å². The molecule has 1 N–H and O–H groups in total. The quantitative estimate of drug-likeness (QED) is 0.427. The lowest BCUT2D eigenvalue weighted by molar-refractivity contribution is 0.810. The summed E-state index contributed by atoms with van der Waals surface area (Å²) in [7, 11) is 0. The Balaban J connectivity index is 1.96. The maximum absolute atomic E-state index is 3.18. The fourth-order valence-electron chi connectivity index (χ4n) is 0.611. The normalized spacial score (nSPS) is 16.6. The monoisotopic (exact) mass is 123 g/mol. The molecular formula is C8H13N. The van der Waals surface area contributed by atoms with Crippen molar-refractivity contribution < 1.29 is 0 Å². The first-order valence-corrected chi connectivity index (χ1v) is 3.62. The van der Waals surface area contributed by atoms with E-state index in [2.05, 4.69) is 24.1 Å². The zero-order chi connectivity index (χ0) is 6.53. The van der Waals surface area contributed by atoms with E-state index in [1.54, 1.807) is 0 Å². The molecule has 0 saturated heterocycles. The third-order valence-corrected chi connectivity index (χ3v) is 1.35. The molecule has 0 aromatic rings. The highest BCUT2D eigenvalue weighted by Gasteiger charge is 2.17. The Morgan fingerprint density at radius 1 is 1.56 bits per heavy atom. The van der Waals surface area contributed by atoms with Gasteiger partial charge in [-0.05, 0) is 19.4 Å². The molecule has 0 heterocycles. The van der Waals surface area contributed by atoms with E-state index in [9.17, 15) is 0 Å². The van der Waals surface area contributed by atoms with Crippen LogP contribution in [0.1, 0.15) is 19.8 Å². The van der Waals surface area contributed by atoms with E-state index in [4.69, 9.17) is 0 Å². The summed E-state index contributed by atoms with van der Waals surface area (Å²) in [6, 6.07) is 0. The summed E-state index contributed by atoms with van der Waals surface area (Å²) in [6.45, 7) is 3.99. The van der Waals surface area contributed by atoms with Crippen LogP contribution in [0.5, 0.6) is 0 Å². The lowest BCUT2D eigenvalue weighted by atomic mass is 10.4. The van der Waals surface area contributed by atoms with E-state index >= 15 is 0 Å². The van der Waals surface area contributed by atoms with Crippen LogP contribution in [0, 0.1) is 17.8 Å². The summed E-state index contributed by atoms with van der Waals surface area (Å²) in [5.41, 5.74) is 0. The molecule has 0 aliphatic heterocycles. The van der Waals surface area contributed by atoms with Crippen molar-refractivity contribution in [2.75, 3.05) is 13.1 Å². The predicted molar refractivity (Wildman–Crippen MR) is 39.0 cm³/mol. The van der Waals surface area contributed by atoms with Gasteiger partial charge >= 0.3 is 0 Å². The summed E-state index contributed by atoms with van der Waals surface area (Å²) in [4.78, 5) is 0. The van der Waals surface area contributed by atoms with E-state index in [1.165, 1.54) is 12.8 Å². The van der Waals surface area contributed by atoms with Gasteiger partial charge in [0.25, 0.3) is 0 Å². The van der Waals surface area contributed by atoms with Gasteiger partial charge in [0.1, 0.15) is 0 Å². The standard InChI is InChI=1S/C8H13N/c1-2-9-7-3-4-8-5-6-8/h8-9H,2,5-7H2,1H3. The van der Waals surface area contributed by atoms with Gasteiger partial charge in [-0.1, -0.05) is 18.8 Å². The molecule has 1 fully saturated rings. The smallest absolute Gasteiger partial charge is 0.0576 e. The van der Waals surface area contributed by atoms with Crippen molar-refractivity contribution in [2.45, 2.75) is 19.8 Å². The number of nitrogens with one attached hydrogen (secondary N) is 1. The SMILES string of the molecule is CCNCC#CC1CC1. The molecule has 0 unspecified atom stereocenters. The highest BCUT2D eigenvalue weighted by atomic mass is 14.8. The first-order valence-electron chi connectivity index (χ1n) is 3.62. The van der Waals surface area contributed by atoms with Gasteiger partial charge in [-0.25, -0.2) is 0 Å². The zero-order valence-corrected chi connectivity index (χ0v) is 5.91. The average molecular weight is 123 g/mol. The fourth-order valence-corrected chi connectivity index (χ4v) is 0.611. The molecule has 0 bridgehead atoms. The molecule has 0 amide bonds. The van der Waals surface area contributed by atoms with E-state index in [-0.39, 0.29) is 0 Å². The Morgan fingerprint density at radius 3 is 2.89 bits per heavy atom. The number of hydrogen-bond donors (Lipinski definition) is 1. The van der Waals surface area contributed by atoms with Crippen molar-refractivity contribution in [3.63, 3.8) is 0 Å². The molecule has 1 aliphatic carbocycles. The van der Waals surface area contributed by atoms with Crippen LogP contribution in [0.4, 0.5) is 0 Å². The van der Waals surface area contributed by atoms with Gasteiger partial charge in [0.05, 0.1) is 6.54 Å². The maximum atomic E-state index is 3.18. The summed E-state index contributed by atoms with van der Waals surface area (Å²) in [6.07, 6.45) is 2.66. The highest BCUT2D eigenvalue weighted by Crippen LogP contribution is 2.27. The average Bonchev–Trinajstić information content (AvgIpc) is 2.63. The molecule has 0 aromatic carbocycles. The summed E-state index contributed by atoms with van der Waals surface area (Å²) >= 11 is 0. The van der Waals surface area contributed by atoms with Crippen molar-refractivity contribution in [3.05, 3.63) is 0 Å². The minimum absolute atomic E-state index is 0.753. The number of rotatable bonds is 2. The van der Waals surface area contributed by atoms with Crippen molar-refractivity contribution in [1.29, 1.82) is 0 Å². The molecular weight excluding hydrogens is 110 g/mol. The van der Waals surface area contributed by atoms with Gasteiger partial charge in [-0.15, -0.1) is 0 Å². The van der Waals surface area contributed by atoms with Gasteiger partial charge in [0, 0.05) is 5.92 Å². The second-order valence-electron chi connectivity index (χ2n) is 2.38. The Hall–Kier alpha value is -0.480. The molecule has 1 saturated carbocycles. The minimum atomic E-state index is 0.753. The molecule has 1 rings (SSSR count). The van der Waals surface area contributed by atoms with Crippen LogP contribution in [0.2, 0.25) is 0 Å². The fraction of sp³-hybridized carbons (Fsp3) is 0.750. The van der Waals surface area contributed by atoms with Gasteiger partial charge in [0.2, 0.25) is 0 Å². The molecule has 9 heavy (non-hydrogen) atoms. The Labute approximate surface area is 56.8 Å². The Kier molecular flexibility index (Phi) is 2.60. The topological polar surface area (TPSA) is 12.0 Å². The molecule has 0 radical (unpaired) electrons. The van der Waals surface area contributed by atoms with E-state index in [0.717, 1.165) is 19.0 Å². The van der Waals surface area contributed by atoms with Crippen molar-refractivity contribution in [2.24, 2.45) is 5.92 Å². The van der Waals surface area contributed by atoms with Crippen LogP contribution in [-0.4, -0.2) is 13.1 Å². The van der Waals surface area contributed by atoms with Crippen LogP contribution in [0.25, 0.3) is 0 Å². The Morgan fingerprint density at radius 2 is 2.33 bits per heavy atom. The third-order valence-electron chi connectivity index (χ3n) is 1.35. The predicted octanol–water partition coefficient (Wildman–Crippen LogP) is 1.01. The number of hydrogen-bond acceptors (Lipinski definition) is 1. The van der Waals surface area contributed by atoms with Crippen molar-refractivity contribution in [3.8, 4) is 11.8 Å². The largest absolute Gasteiger partial charge is 0.307 e. The second kappa shape index (κ2) is 3.53. The zero-order valence-electron chi connectivity index (χ0n) is 5.91. The molecule has 0 spiro atoms. The van der Waals surface area contributed by atoms with Crippen LogP contribution in [0.3, 0.4) is 0 Å². The maximum Gasteiger partial charge on any atom is 0.0576 e.